The van der Waals surface area contributed by atoms with Gasteiger partial charge in [0.1, 0.15) is 0 Å². The number of benzene rings is 1. The van der Waals surface area contributed by atoms with Gasteiger partial charge in [-0.1, -0.05) is 29.3 Å². The van der Waals surface area contributed by atoms with E-state index in [1.165, 1.54) is 8.61 Å². The van der Waals surface area contributed by atoms with Crippen LogP contribution in [0, 0.1) is 0 Å². The van der Waals surface area contributed by atoms with E-state index in [4.69, 9.17) is 23.2 Å². The summed E-state index contributed by atoms with van der Waals surface area (Å²) in [6, 6.07) is 5.07. The number of rotatable bonds is 4. The minimum absolute atomic E-state index is 0.0533. The number of piperazine rings is 1. The zero-order valence-electron chi connectivity index (χ0n) is 13.8. The minimum Gasteiger partial charge on any atom is -0.340 e. The summed E-state index contributed by atoms with van der Waals surface area (Å²) in [7, 11) is -3.39. The highest BCUT2D eigenvalue weighted by atomic mass is 35.5. The Morgan fingerprint density at radius 2 is 1.56 bits per heavy atom. The maximum absolute atomic E-state index is 12.6. The molecule has 2 fully saturated rings. The number of nitrogens with zero attached hydrogens (tertiary/aromatic N) is 3. The van der Waals surface area contributed by atoms with E-state index in [0.717, 1.165) is 18.4 Å². The lowest BCUT2D eigenvalue weighted by atomic mass is 10.1. The van der Waals surface area contributed by atoms with Crippen LogP contribution in [0.2, 0.25) is 10.0 Å². The molecule has 6 nitrogen and oxygen atoms in total. The Morgan fingerprint density at radius 1 is 0.960 bits per heavy atom. The Morgan fingerprint density at radius 3 is 2.16 bits per heavy atom. The van der Waals surface area contributed by atoms with Gasteiger partial charge in [-0.3, -0.25) is 4.79 Å². The van der Waals surface area contributed by atoms with E-state index in [1.54, 1.807) is 23.1 Å². The summed E-state index contributed by atoms with van der Waals surface area (Å²) in [5.41, 5.74) is 0.725. The highest BCUT2D eigenvalue weighted by Gasteiger charge is 2.34. The maximum atomic E-state index is 12.6. The van der Waals surface area contributed by atoms with Crippen molar-refractivity contribution in [3.05, 3.63) is 33.8 Å². The zero-order valence-corrected chi connectivity index (χ0v) is 16.2. The van der Waals surface area contributed by atoms with Gasteiger partial charge in [-0.2, -0.15) is 17.0 Å². The highest BCUT2D eigenvalue weighted by Crippen LogP contribution is 2.23. The second kappa shape index (κ2) is 7.80. The van der Waals surface area contributed by atoms with Crippen molar-refractivity contribution in [1.29, 1.82) is 0 Å². The molecule has 2 aliphatic heterocycles. The Hall–Kier alpha value is -0.860. The number of hydrogen-bond donors (Lipinski definition) is 0. The number of hydrogen-bond acceptors (Lipinski definition) is 3. The molecule has 0 aliphatic carbocycles. The lowest BCUT2D eigenvalue weighted by Crippen LogP contribution is -2.54. The quantitative estimate of drug-likeness (QED) is 0.769. The average Bonchev–Trinajstić information content (AvgIpc) is 3.13. The average molecular weight is 406 g/mol. The number of carbonyl (C=O) groups is 1. The van der Waals surface area contributed by atoms with Gasteiger partial charge in [0, 0.05) is 49.3 Å². The molecular weight excluding hydrogens is 385 g/mol. The zero-order chi connectivity index (χ0) is 18.0. The summed E-state index contributed by atoms with van der Waals surface area (Å²) in [4.78, 5) is 14.2. The SMILES string of the molecule is O=C(Cc1ccc(Cl)cc1Cl)N1CCN(S(=O)(=O)N2CCCC2)CC1. The molecule has 1 amide bonds. The molecule has 0 atom stereocenters. The third-order valence-corrected chi connectivity index (χ3v) is 7.29. The van der Waals surface area contributed by atoms with Crippen LogP contribution < -0.4 is 0 Å². The molecule has 25 heavy (non-hydrogen) atoms. The van der Waals surface area contributed by atoms with E-state index in [9.17, 15) is 13.2 Å². The fourth-order valence-corrected chi connectivity index (χ4v) is 5.34. The molecule has 0 radical (unpaired) electrons. The number of carbonyl (C=O) groups excluding carboxylic acids is 1. The first-order valence-electron chi connectivity index (χ1n) is 8.35. The van der Waals surface area contributed by atoms with Crippen LogP contribution in [-0.2, 0) is 21.4 Å². The fraction of sp³-hybridized carbons (Fsp3) is 0.562. The second-order valence-corrected chi connectivity index (χ2v) is 9.08. The largest absolute Gasteiger partial charge is 0.340 e. The molecule has 0 N–H and O–H groups in total. The summed E-state index contributed by atoms with van der Waals surface area (Å²) in [6.45, 7) is 2.65. The van der Waals surface area contributed by atoms with E-state index in [2.05, 4.69) is 0 Å². The molecule has 2 heterocycles. The van der Waals surface area contributed by atoms with Crippen molar-refractivity contribution in [3.63, 3.8) is 0 Å². The molecule has 0 unspecified atom stereocenters. The Kier molecular flexibility index (Phi) is 5.90. The van der Waals surface area contributed by atoms with Crippen LogP contribution in [0.4, 0.5) is 0 Å². The first-order valence-corrected chi connectivity index (χ1v) is 10.5. The molecule has 0 bridgehead atoms. The minimum atomic E-state index is -3.39. The van der Waals surface area contributed by atoms with Crippen LogP contribution in [0.3, 0.4) is 0 Å². The Labute approximate surface area is 158 Å². The van der Waals surface area contributed by atoms with Gasteiger partial charge >= 0.3 is 0 Å². The van der Waals surface area contributed by atoms with Gasteiger partial charge in [-0.25, -0.2) is 0 Å². The van der Waals surface area contributed by atoms with Gasteiger partial charge in [0.05, 0.1) is 6.42 Å². The molecule has 1 aromatic carbocycles. The van der Waals surface area contributed by atoms with Crippen LogP contribution in [0.25, 0.3) is 0 Å². The molecular formula is C16H21Cl2N3O3S. The van der Waals surface area contributed by atoms with Crippen molar-refractivity contribution in [1.82, 2.24) is 13.5 Å². The van der Waals surface area contributed by atoms with Crippen LogP contribution >= 0.6 is 23.2 Å². The van der Waals surface area contributed by atoms with Gasteiger partial charge in [0.2, 0.25) is 5.91 Å². The summed E-state index contributed by atoms with van der Waals surface area (Å²) in [5, 5.41) is 0.998. The molecule has 9 heteroatoms. The Bertz CT molecular complexity index is 743. The van der Waals surface area contributed by atoms with Crippen LogP contribution in [-0.4, -0.2) is 67.1 Å². The predicted molar refractivity (Wildman–Crippen MR) is 98.0 cm³/mol. The number of halogens is 2. The monoisotopic (exact) mass is 405 g/mol. The standard InChI is InChI=1S/C16H21Cl2N3O3S/c17-14-4-3-13(15(18)12-14)11-16(22)19-7-9-21(10-8-19)25(23,24)20-5-1-2-6-20/h3-4,12H,1-2,5-11H2. The van der Waals surface area contributed by atoms with Crippen molar-refractivity contribution in [3.8, 4) is 0 Å². The number of amides is 1. The highest BCUT2D eigenvalue weighted by molar-refractivity contribution is 7.86. The van der Waals surface area contributed by atoms with E-state index in [1.807, 2.05) is 0 Å². The van der Waals surface area contributed by atoms with E-state index >= 15 is 0 Å². The molecule has 0 spiro atoms. The second-order valence-electron chi connectivity index (χ2n) is 6.31. The van der Waals surface area contributed by atoms with E-state index in [0.29, 0.717) is 49.3 Å². The summed E-state index contributed by atoms with van der Waals surface area (Å²) < 4.78 is 28.1. The summed E-state index contributed by atoms with van der Waals surface area (Å²) >= 11 is 12.0. The van der Waals surface area contributed by atoms with Gasteiger partial charge in [-0.05, 0) is 30.5 Å². The van der Waals surface area contributed by atoms with E-state index in [-0.39, 0.29) is 12.3 Å². The topological polar surface area (TPSA) is 60.9 Å². The fourth-order valence-electron chi connectivity index (χ4n) is 3.19. The van der Waals surface area contributed by atoms with Gasteiger partial charge in [0.15, 0.2) is 0 Å². The molecule has 138 valence electrons. The van der Waals surface area contributed by atoms with Gasteiger partial charge < -0.3 is 4.90 Å². The summed E-state index contributed by atoms with van der Waals surface area (Å²) in [5.74, 6) is -0.0533. The van der Waals surface area contributed by atoms with Crippen molar-refractivity contribution in [2.45, 2.75) is 19.3 Å². The van der Waals surface area contributed by atoms with Gasteiger partial charge in [-0.15, -0.1) is 0 Å². The van der Waals surface area contributed by atoms with Crippen LogP contribution in [0.1, 0.15) is 18.4 Å². The van der Waals surface area contributed by atoms with Crippen LogP contribution in [0.15, 0.2) is 18.2 Å². The third kappa shape index (κ3) is 4.28. The smallest absolute Gasteiger partial charge is 0.282 e. The van der Waals surface area contributed by atoms with Crippen molar-refractivity contribution in [2.24, 2.45) is 0 Å². The molecule has 0 aromatic heterocycles. The normalized spacial score (nSPS) is 20.2. The van der Waals surface area contributed by atoms with E-state index < -0.39 is 10.2 Å². The van der Waals surface area contributed by atoms with Crippen molar-refractivity contribution < 1.29 is 13.2 Å². The van der Waals surface area contributed by atoms with Gasteiger partial charge in [0.25, 0.3) is 10.2 Å². The molecule has 1 aromatic rings. The lowest BCUT2D eigenvalue weighted by molar-refractivity contribution is -0.131. The molecule has 2 aliphatic rings. The third-order valence-electron chi connectivity index (χ3n) is 4.67. The van der Waals surface area contributed by atoms with Crippen molar-refractivity contribution >= 4 is 39.3 Å². The molecule has 3 rings (SSSR count). The molecule has 2 saturated heterocycles. The predicted octanol–water partition coefficient (Wildman–Crippen LogP) is 2.02. The lowest BCUT2D eigenvalue weighted by Gasteiger charge is -2.35. The maximum Gasteiger partial charge on any atom is 0.282 e. The first kappa shape index (κ1) is 18.9. The van der Waals surface area contributed by atoms with Crippen LogP contribution in [0.5, 0.6) is 0 Å². The molecule has 0 saturated carbocycles. The summed E-state index contributed by atoms with van der Waals surface area (Å²) in [6.07, 6.45) is 2.02. The first-order chi connectivity index (χ1) is 11.9. The van der Waals surface area contributed by atoms with Crippen molar-refractivity contribution in [2.75, 3.05) is 39.3 Å². The Balaban J connectivity index is 1.57.